The van der Waals surface area contributed by atoms with Crippen molar-refractivity contribution in [2.75, 3.05) is 32.7 Å². The number of rotatable bonds is 1. The predicted molar refractivity (Wildman–Crippen MR) is 78.5 cm³/mol. The van der Waals surface area contributed by atoms with E-state index in [9.17, 15) is 4.79 Å². The molecule has 0 spiro atoms. The van der Waals surface area contributed by atoms with Crippen molar-refractivity contribution in [3.8, 4) is 0 Å². The second-order valence-electron chi connectivity index (χ2n) is 6.37. The van der Waals surface area contributed by atoms with Crippen LogP contribution in [0.25, 0.3) is 0 Å². The van der Waals surface area contributed by atoms with Crippen molar-refractivity contribution >= 4 is 18.3 Å². The molecule has 0 aromatic rings. The van der Waals surface area contributed by atoms with Crippen LogP contribution >= 0.6 is 12.4 Å². The number of halogens is 1. The topological polar surface area (TPSA) is 35.6 Å². The fourth-order valence-corrected chi connectivity index (χ4v) is 3.85. The Labute approximate surface area is 122 Å². The summed E-state index contributed by atoms with van der Waals surface area (Å²) in [7, 11) is 0. The van der Waals surface area contributed by atoms with Gasteiger partial charge in [0, 0.05) is 31.7 Å². The third-order valence-corrected chi connectivity index (χ3v) is 5.06. The second-order valence-corrected chi connectivity index (χ2v) is 6.37. The molecule has 0 aliphatic carbocycles. The maximum Gasteiger partial charge on any atom is 0.227 e. The number of piperazine rings is 1. The van der Waals surface area contributed by atoms with Crippen LogP contribution in [0.4, 0.5) is 0 Å². The van der Waals surface area contributed by atoms with Crippen molar-refractivity contribution in [3.63, 3.8) is 0 Å². The molecule has 1 N–H and O–H groups in total. The van der Waals surface area contributed by atoms with Crippen molar-refractivity contribution in [2.45, 2.75) is 38.8 Å². The minimum Gasteiger partial charge on any atom is -0.337 e. The van der Waals surface area contributed by atoms with E-state index in [0.29, 0.717) is 23.9 Å². The highest BCUT2D eigenvalue weighted by atomic mass is 35.5. The van der Waals surface area contributed by atoms with Crippen LogP contribution in [0.3, 0.4) is 0 Å². The van der Waals surface area contributed by atoms with Gasteiger partial charge in [-0.3, -0.25) is 9.69 Å². The summed E-state index contributed by atoms with van der Waals surface area (Å²) in [6.45, 7) is 9.54. The van der Waals surface area contributed by atoms with Crippen LogP contribution < -0.4 is 5.32 Å². The maximum atomic E-state index is 12.7. The molecular formula is C14H26ClN3O. The van der Waals surface area contributed by atoms with Gasteiger partial charge in [0.15, 0.2) is 0 Å². The monoisotopic (exact) mass is 287 g/mol. The molecule has 3 heterocycles. The van der Waals surface area contributed by atoms with Gasteiger partial charge in [0.25, 0.3) is 0 Å². The summed E-state index contributed by atoms with van der Waals surface area (Å²) in [6.07, 6.45) is 2.58. The molecule has 0 saturated carbocycles. The molecule has 0 radical (unpaired) electrons. The van der Waals surface area contributed by atoms with E-state index in [1.54, 1.807) is 0 Å². The lowest BCUT2D eigenvalue weighted by Crippen LogP contribution is -2.58. The Morgan fingerprint density at radius 1 is 1.21 bits per heavy atom. The average molecular weight is 288 g/mol. The van der Waals surface area contributed by atoms with Crippen LogP contribution in [-0.2, 0) is 4.79 Å². The Hall–Kier alpha value is -0.320. The Morgan fingerprint density at radius 3 is 2.68 bits per heavy atom. The molecule has 4 atom stereocenters. The summed E-state index contributed by atoms with van der Waals surface area (Å²) in [4.78, 5) is 17.4. The van der Waals surface area contributed by atoms with Gasteiger partial charge in [0.05, 0.1) is 5.92 Å². The molecule has 3 aliphatic heterocycles. The van der Waals surface area contributed by atoms with Gasteiger partial charge in [-0.05, 0) is 38.8 Å². The lowest BCUT2D eigenvalue weighted by atomic mass is 9.95. The number of hydrogen-bond acceptors (Lipinski definition) is 3. The molecule has 5 heteroatoms. The van der Waals surface area contributed by atoms with Crippen molar-refractivity contribution < 1.29 is 4.79 Å². The highest BCUT2D eigenvalue weighted by Gasteiger charge is 2.40. The molecular weight excluding hydrogens is 262 g/mol. The largest absolute Gasteiger partial charge is 0.337 e. The normalized spacial score (nSPS) is 38.9. The Balaban J connectivity index is 0.00000133. The Kier molecular flexibility index (Phi) is 4.75. The number of fused-ring (bicyclic) bond motifs is 1. The van der Waals surface area contributed by atoms with Gasteiger partial charge in [-0.15, -0.1) is 12.4 Å². The molecule has 4 nitrogen and oxygen atoms in total. The minimum absolute atomic E-state index is 0. The minimum atomic E-state index is 0. The number of carbonyl (C=O) groups is 1. The standard InChI is InChI=1S/C14H25N3O.ClH/c1-10-6-15-7-13(10)14(18)17-9-12-4-3-5-16(12)8-11(17)2;/h10-13,15H,3-9H2,1-2H3;1H/t10-,11?,12?,13-;/m1./s1. The number of nitrogens with one attached hydrogen (secondary N) is 1. The van der Waals surface area contributed by atoms with E-state index in [0.717, 1.165) is 26.2 Å². The molecule has 3 fully saturated rings. The summed E-state index contributed by atoms with van der Waals surface area (Å²) in [6, 6.07) is 1.02. The van der Waals surface area contributed by atoms with Crippen molar-refractivity contribution in [2.24, 2.45) is 11.8 Å². The molecule has 0 bridgehead atoms. The van der Waals surface area contributed by atoms with Crippen LogP contribution in [0, 0.1) is 11.8 Å². The average Bonchev–Trinajstić information content (AvgIpc) is 2.95. The van der Waals surface area contributed by atoms with E-state index >= 15 is 0 Å². The number of hydrogen-bond donors (Lipinski definition) is 1. The molecule has 0 aromatic heterocycles. The fourth-order valence-electron chi connectivity index (χ4n) is 3.85. The first kappa shape index (κ1) is 15.1. The van der Waals surface area contributed by atoms with Crippen LogP contribution in [0.2, 0.25) is 0 Å². The molecule has 19 heavy (non-hydrogen) atoms. The SMILES string of the molecule is CC1CN2CCCC2CN1C(=O)[C@@H]1CNC[C@H]1C.Cl. The third kappa shape index (κ3) is 2.76. The fraction of sp³-hybridized carbons (Fsp3) is 0.929. The molecule has 1 amide bonds. The number of amides is 1. The van der Waals surface area contributed by atoms with E-state index < -0.39 is 0 Å². The van der Waals surface area contributed by atoms with Crippen LogP contribution in [0.5, 0.6) is 0 Å². The first-order valence-corrected chi connectivity index (χ1v) is 7.42. The van der Waals surface area contributed by atoms with Gasteiger partial charge in [-0.25, -0.2) is 0 Å². The lowest BCUT2D eigenvalue weighted by Gasteiger charge is -2.43. The smallest absolute Gasteiger partial charge is 0.227 e. The highest BCUT2D eigenvalue weighted by molar-refractivity contribution is 5.85. The lowest BCUT2D eigenvalue weighted by molar-refractivity contribution is -0.141. The van der Waals surface area contributed by atoms with Gasteiger partial charge >= 0.3 is 0 Å². The first-order valence-electron chi connectivity index (χ1n) is 7.42. The zero-order valence-electron chi connectivity index (χ0n) is 12.0. The Morgan fingerprint density at radius 2 is 2.00 bits per heavy atom. The molecule has 2 unspecified atom stereocenters. The summed E-state index contributed by atoms with van der Waals surface area (Å²) >= 11 is 0. The van der Waals surface area contributed by atoms with Gasteiger partial charge in [-0.1, -0.05) is 6.92 Å². The molecule has 0 aromatic carbocycles. The maximum absolute atomic E-state index is 12.7. The van der Waals surface area contributed by atoms with E-state index in [1.807, 2.05) is 0 Å². The van der Waals surface area contributed by atoms with Crippen LogP contribution in [0.1, 0.15) is 26.7 Å². The zero-order valence-corrected chi connectivity index (χ0v) is 12.8. The van der Waals surface area contributed by atoms with E-state index in [4.69, 9.17) is 0 Å². The van der Waals surface area contributed by atoms with Gasteiger partial charge in [0.2, 0.25) is 5.91 Å². The first-order chi connectivity index (χ1) is 8.66. The van der Waals surface area contributed by atoms with Crippen molar-refractivity contribution in [1.82, 2.24) is 15.1 Å². The van der Waals surface area contributed by atoms with Crippen LogP contribution in [0.15, 0.2) is 0 Å². The quantitative estimate of drug-likeness (QED) is 0.780. The molecule has 110 valence electrons. The third-order valence-electron chi connectivity index (χ3n) is 5.06. The summed E-state index contributed by atoms with van der Waals surface area (Å²) < 4.78 is 0. The van der Waals surface area contributed by atoms with Gasteiger partial charge in [-0.2, -0.15) is 0 Å². The van der Waals surface area contributed by atoms with Crippen LogP contribution in [-0.4, -0.2) is 60.5 Å². The zero-order chi connectivity index (χ0) is 12.7. The van der Waals surface area contributed by atoms with Gasteiger partial charge in [0.1, 0.15) is 0 Å². The Bertz CT molecular complexity index is 339. The number of nitrogens with zero attached hydrogens (tertiary/aromatic N) is 2. The van der Waals surface area contributed by atoms with E-state index in [2.05, 4.69) is 29.0 Å². The summed E-state index contributed by atoms with van der Waals surface area (Å²) in [5.41, 5.74) is 0. The molecule has 3 saturated heterocycles. The molecule has 3 rings (SSSR count). The van der Waals surface area contributed by atoms with E-state index in [-0.39, 0.29) is 18.3 Å². The van der Waals surface area contributed by atoms with E-state index in [1.165, 1.54) is 19.4 Å². The van der Waals surface area contributed by atoms with Crippen molar-refractivity contribution in [1.29, 1.82) is 0 Å². The highest BCUT2D eigenvalue weighted by Crippen LogP contribution is 2.27. The van der Waals surface area contributed by atoms with Crippen molar-refractivity contribution in [3.05, 3.63) is 0 Å². The second kappa shape index (κ2) is 5.98. The predicted octanol–water partition coefficient (Wildman–Crippen LogP) is 0.959. The summed E-state index contributed by atoms with van der Waals surface area (Å²) in [5.74, 6) is 1.10. The summed E-state index contributed by atoms with van der Waals surface area (Å²) in [5, 5.41) is 3.35. The number of carbonyl (C=O) groups excluding carboxylic acids is 1. The molecule has 3 aliphatic rings. The van der Waals surface area contributed by atoms with Gasteiger partial charge < -0.3 is 10.2 Å².